The number of benzene rings is 3. The minimum atomic E-state index is -0.171. The first kappa shape index (κ1) is 20.3. The van der Waals surface area contributed by atoms with Crippen LogP contribution in [0, 0.1) is 12.7 Å². The van der Waals surface area contributed by atoms with E-state index in [0.29, 0.717) is 18.7 Å². The molecule has 0 atom stereocenters. The van der Waals surface area contributed by atoms with E-state index >= 15 is 0 Å². The van der Waals surface area contributed by atoms with Crippen LogP contribution in [-0.2, 0) is 19.6 Å². The van der Waals surface area contributed by atoms with Crippen LogP contribution < -0.4 is 5.32 Å². The standard InChI is InChI=1S/C25H24FN3S/c1-19-11-13-22(14-12-19)27-25-28-23(18-30-25)17-29(15-20-7-3-2-4-8-20)16-21-9-5-6-10-24(21)26/h2-14,18H,15-17H2,1H3,(H,27,28). The second kappa shape index (κ2) is 9.65. The van der Waals surface area contributed by atoms with Crippen LogP contribution >= 0.6 is 11.3 Å². The molecule has 152 valence electrons. The van der Waals surface area contributed by atoms with Gasteiger partial charge >= 0.3 is 0 Å². The van der Waals surface area contributed by atoms with Gasteiger partial charge in [0.2, 0.25) is 0 Å². The van der Waals surface area contributed by atoms with Crippen molar-refractivity contribution in [2.45, 2.75) is 26.6 Å². The predicted molar refractivity (Wildman–Crippen MR) is 122 cm³/mol. The van der Waals surface area contributed by atoms with Gasteiger partial charge in [-0.3, -0.25) is 4.90 Å². The number of aromatic nitrogens is 1. The Bertz CT molecular complexity index is 1080. The molecule has 1 N–H and O–H groups in total. The molecule has 30 heavy (non-hydrogen) atoms. The van der Waals surface area contributed by atoms with E-state index in [9.17, 15) is 4.39 Å². The van der Waals surface area contributed by atoms with Gasteiger partial charge in [-0.1, -0.05) is 66.2 Å². The van der Waals surface area contributed by atoms with E-state index in [1.165, 1.54) is 17.2 Å². The van der Waals surface area contributed by atoms with Gasteiger partial charge in [0.05, 0.1) is 5.69 Å². The molecular formula is C25H24FN3S. The molecule has 0 radical (unpaired) electrons. The highest BCUT2D eigenvalue weighted by Crippen LogP contribution is 2.23. The molecule has 0 unspecified atom stereocenters. The summed E-state index contributed by atoms with van der Waals surface area (Å²) >= 11 is 1.58. The van der Waals surface area contributed by atoms with Gasteiger partial charge in [-0.15, -0.1) is 11.3 Å². The minimum absolute atomic E-state index is 0.171. The van der Waals surface area contributed by atoms with E-state index in [1.54, 1.807) is 17.4 Å². The van der Waals surface area contributed by atoms with E-state index in [1.807, 2.05) is 30.3 Å². The van der Waals surface area contributed by atoms with Crippen LogP contribution in [0.4, 0.5) is 15.2 Å². The third-order valence-electron chi connectivity index (χ3n) is 4.84. The third-order valence-corrected chi connectivity index (χ3v) is 5.65. The smallest absolute Gasteiger partial charge is 0.187 e. The molecule has 0 bridgehead atoms. The van der Waals surface area contributed by atoms with E-state index < -0.39 is 0 Å². The Labute approximate surface area is 180 Å². The lowest BCUT2D eigenvalue weighted by atomic mass is 10.1. The lowest BCUT2D eigenvalue weighted by Crippen LogP contribution is -2.23. The highest BCUT2D eigenvalue weighted by molar-refractivity contribution is 7.13. The van der Waals surface area contributed by atoms with E-state index in [-0.39, 0.29) is 5.82 Å². The van der Waals surface area contributed by atoms with Crippen LogP contribution in [0.1, 0.15) is 22.4 Å². The third kappa shape index (κ3) is 5.53. The molecule has 3 aromatic carbocycles. The lowest BCUT2D eigenvalue weighted by molar-refractivity contribution is 0.242. The summed E-state index contributed by atoms with van der Waals surface area (Å²) in [5.74, 6) is -0.171. The molecule has 0 fully saturated rings. The highest BCUT2D eigenvalue weighted by atomic mass is 32.1. The Hall–Kier alpha value is -3.02. The SMILES string of the molecule is Cc1ccc(Nc2nc(CN(Cc3ccccc3)Cc3ccccc3F)cs2)cc1. The maximum Gasteiger partial charge on any atom is 0.187 e. The maximum atomic E-state index is 14.3. The fraction of sp³-hybridized carbons (Fsp3) is 0.160. The summed E-state index contributed by atoms with van der Waals surface area (Å²) in [5.41, 5.74) is 5.12. The molecular weight excluding hydrogens is 393 g/mol. The number of hydrogen-bond acceptors (Lipinski definition) is 4. The molecule has 0 spiro atoms. The zero-order valence-corrected chi connectivity index (χ0v) is 17.7. The highest BCUT2D eigenvalue weighted by Gasteiger charge is 2.13. The number of halogens is 1. The van der Waals surface area contributed by atoms with Crippen molar-refractivity contribution in [2.75, 3.05) is 5.32 Å². The van der Waals surface area contributed by atoms with Gasteiger partial charge in [0.25, 0.3) is 0 Å². The average Bonchev–Trinajstić information content (AvgIpc) is 3.19. The molecule has 3 nitrogen and oxygen atoms in total. The van der Waals surface area contributed by atoms with Gasteiger partial charge in [0, 0.05) is 36.3 Å². The summed E-state index contributed by atoms with van der Waals surface area (Å²) in [4.78, 5) is 6.97. The summed E-state index contributed by atoms with van der Waals surface area (Å²) in [5, 5.41) is 6.29. The number of rotatable bonds is 8. The van der Waals surface area contributed by atoms with Gasteiger partial charge in [-0.25, -0.2) is 9.37 Å². The molecule has 4 rings (SSSR count). The van der Waals surface area contributed by atoms with Crippen LogP contribution in [0.25, 0.3) is 0 Å². The summed E-state index contributed by atoms with van der Waals surface area (Å²) < 4.78 is 14.3. The zero-order chi connectivity index (χ0) is 20.8. The molecule has 0 saturated heterocycles. The number of nitrogens with one attached hydrogen (secondary N) is 1. The molecule has 1 aromatic heterocycles. The van der Waals surface area contributed by atoms with E-state index in [2.05, 4.69) is 58.9 Å². The summed E-state index contributed by atoms with van der Waals surface area (Å²) in [6.45, 7) is 3.98. The fourth-order valence-electron chi connectivity index (χ4n) is 3.30. The molecule has 1 heterocycles. The number of thiazole rings is 1. The Kier molecular flexibility index (Phi) is 6.52. The van der Waals surface area contributed by atoms with Gasteiger partial charge in [-0.2, -0.15) is 0 Å². The average molecular weight is 418 g/mol. The second-order valence-corrected chi connectivity index (χ2v) is 8.22. The van der Waals surface area contributed by atoms with Crippen molar-refractivity contribution in [3.05, 3.63) is 112 Å². The first-order valence-electron chi connectivity index (χ1n) is 9.93. The lowest BCUT2D eigenvalue weighted by Gasteiger charge is -2.22. The summed E-state index contributed by atoms with van der Waals surface area (Å²) in [7, 11) is 0. The van der Waals surface area contributed by atoms with Gasteiger partial charge in [0.15, 0.2) is 5.13 Å². The topological polar surface area (TPSA) is 28.2 Å². The zero-order valence-electron chi connectivity index (χ0n) is 16.9. The Morgan fingerprint density at radius 1 is 0.867 bits per heavy atom. The van der Waals surface area contributed by atoms with Crippen molar-refractivity contribution in [3.8, 4) is 0 Å². The summed E-state index contributed by atoms with van der Waals surface area (Å²) in [6, 6.07) is 25.5. The van der Waals surface area contributed by atoms with Crippen LogP contribution in [0.3, 0.4) is 0 Å². The largest absolute Gasteiger partial charge is 0.332 e. The van der Waals surface area contributed by atoms with Crippen molar-refractivity contribution in [2.24, 2.45) is 0 Å². The molecule has 4 aromatic rings. The van der Waals surface area contributed by atoms with Gasteiger partial charge in [-0.05, 0) is 30.7 Å². The Morgan fingerprint density at radius 2 is 1.60 bits per heavy atom. The number of hydrogen-bond donors (Lipinski definition) is 1. The number of aryl methyl sites for hydroxylation is 1. The molecule has 0 aliphatic heterocycles. The first-order valence-corrected chi connectivity index (χ1v) is 10.8. The number of nitrogens with zero attached hydrogens (tertiary/aromatic N) is 2. The molecule has 0 saturated carbocycles. The molecule has 0 aliphatic rings. The normalized spacial score (nSPS) is 11.0. The van der Waals surface area contributed by atoms with Crippen molar-refractivity contribution in [1.29, 1.82) is 0 Å². The van der Waals surface area contributed by atoms with Crippen LogP contribution in [0.2, 0.25) is 0 Å². The molecule has 0 aliphatic carbocycles. The van der Waals surface area contributed by atoms with Crippen molar-refractivity contribution < 1.29 is 4.39 Å². The number of anilines is 2. The van der Waals surface area contributed by atoms with Crippen LogP contribution in [-0.4, -0.2) is 9.88 Å². The molecule has 5 heteroatoms. The van der Waals surface area contributed by atoms with Gasteiger partial charge in [0.1, 0.15) is 5.82 Å². The Morgan fingerprint density at radius 3 is 2.37 bits per heavy atom. The minimum Gasteiger partial charge on any atom is -0.332 e. The van der Waals surface area contributed by atoms with Crippen molar-refractivity contribution >= 4 is 22.2 Å². The fourth-order valence-corrected chi connectivity index (χ4v) is 4.02. The Balaban J connectivity index is 1.49. The first-order chi connectivity index (χ1) is 14.7. The van der Waals surface area contributed by atoms with Crippen molar-refractivity contribution in [3.63, 3.8) is 0 Å². The van der Waals surface area contributed by atoms with Crippen molar-refractivity contribution in [1.82, 2.24) is 9.88 Å². The van der Waals surface area contributed by atoms with E-state index in [4.69, 9.17) is 4.98 Å². The van der Waals surface area contributed by atoms with Crippen LogP contribution in [0.15, 0.2) is 84.2 Å². The second-order valence-electron chi connectivity index (χ2n) is 7.36. The van der Waals surface area contributed by atoms with Gasteiger partial charge < -0.3 is 5.32 Å². The quantitative estimate of drug-likeness (QED) is 0.353. The van der Waals surface area contributed by atoms with Crippen LogP contribution in [0.5, 0.6) is 0 Å². The van der Waals surface area contributed by atoms with E-state index in [0.717, 1.165) is 23.1 Å². The predicted octanol–water partition coefficient (Wildman–Crippen LogP) is 6.54. The molecule has 0 amide bonds. The monoisotopic (exact) mass is 417 g/mol. The summed E-state index contributed by atoms with van der Waals surface area (Å²) in [6.07, 6.45) is 0. The maximum absolute atomic E-state index is 14.3.